The van der Waals surface area contributed by atoms with E-state index in [1.807, 2.05) is 30.3 Å². The average molecular weight is 466 g/mol. The predicted molar refractivity (Wildman–Crippen MR) is 119 cm³/mol. The van der Waals surface area contributed by atoms with Gasteiger partial charge in [-0.3, -0.25) is 14.7 Å². The fraction of sp³-hybridized carbons (Fsp3) is 0.0909. The second-order valence-corrected chi connectivity index (χ2v) is 7.96. The van der Waals surface area contributed by atoms with Crippen molar-refractivity contribution in [2.75, 3.05) is 5.32 Å². The quantitative estimate of drug-likeness (QED) is 0.361. The summed E-state index contributed by atoms with van der Waals surface area (Å²) in [4.78, 5) is 22.0. The molecule has 166 valence electrons. The van der Waals surface area contributed by atoms with Crippen LogP contribution in [0.3, 0.4) is 0 Å². The molecular formula is C22H16F2N6O2S. The topological polar surface area (TPSA) is 90.8 Å². The molecule has 0 aliphatic rings. The molecule has 5 rings (SSSR count). The third kappa shape index (κ3) is 3.94. The van der Waals surface area contributed by atoms with E-state index in [0.29, 0.717) is 27.7 Å². The van der Waals surface area contributed by atoms with E-state index in [1.165, 1.54) is 23.3 Å². The fourth-order valence-corrected chi connectivity index (χ4v) is 4.28. The zero-order chi connectivity index (χ0) is 22.9. The number of benzene rings is 1. The third-order valence-corrected chi connectivity index (χ3v) is 5.88. The number of carbonyl (C=O) groups is 1. The van der Waals surface area contributed by atoms with E-state index in [9.17, 15) is 13.6 Å². The number of furan rings is 1. The number of anilines is 1. The summed E-state index contributed by atoms with van der Waals surface area (Å²) in [6.07, 6.45) is 4.03. The van der Waals surface area contributed by atoms with E-state index in [-0.39, 0.29) is 16.6 Å². The lowest BCUT2D eigenvalue weighted by Crippen LogP contribution is -2.16. The van der Waals surface area contributed by atoms with Crippen LogP contribution in [0.25, 0.3) is 27.8 Å². The van der Waals surface area contributed by atoms with Gasteiger partial charge in [0.05, 0.1) is 22.5 Å². The van der Waals surface area contributed by atoms with Crippen molar-refractivity contribution in [1.82, 2.24) is 24.3 Å². The van der Waals surface area contributed by atoms with Gasteiger partial charge in [0.2, 0.25) is 0 Å². The van der Waals surface area contributed by atoms with Crippen molar-refractivity contribution in [1.29, 1.82) is 0 Å². The highest BCUT2D eigenvalue weighted by molar-refractivity contribution is 7.19. The summed E-state index contributed by atoms with van der Waals surface area (Å²) >= 11 is 1.07. The Bertz CT molecular complexity index is 1410. The number of alkyl halides is 2. The maximum absolute atomic E-state index is 13.3. The van der Waals surface area contributed by atoms with Crippen LogP contribution in [0.15, 0.2) is 71.6 Å². The molecule has 0 saturated carbocycles. The minimum absolute atomic E-state index is 0.0925. The summed E-state index contributed by atoms with van der Waals surface area (Å²) in [6, 6.07) is 14.3. The zero-order valence-corrected chi connectivity index (χ0v) is 18.0. The van der Waals surface area contributed by atoms with Crippen LogP contribution in [0.5, 0.6) is 0 Å². The van der Waals surface area contributed by atoms with E-state index < -0.39 is 12.5 Å². The van der Waals surface area contributed by atoms with Crippen molar-refractivity contribution in [2.24, 2.45) is 0 Å². The van der Waals surface area contributed by atoms with Crippen LogP contribution in [0, 0.1) is 6.92 Å². The molecule has 0 radical (unpaired) electrons. The van der Waals surface area contributed by atoms with Gasteiger partial charge >= 0.3 is 6.55 Å². The van der Waals surface area contributed by atoms with Gasteiger partial charge in [-0.1, -0.05) is 29.5 Å². The highest BCUT2D eigenvalue weighted by atomic mass is 32.1. The number of imidazole rings is 1. The van der Waals surface area contributed by atoms with E-state index in [0.717, 1.165) is 15.9 Å². The standard InChI is InChI=1S/C22H16F2N6O2S/c1-13-18(19-25-9-10-29(19)21(23)24)33-22(26-13)27-20(31)16-12-15(17-8-5-11-32-17)28-30(16)14-6-3-2-4-7-14/h2-12,21H,1H3,(H,26,27,31). The molecule has 0 spiro atoms. The van der Waals surface area contributed by atoms with Crippen LogP contribution in [0.2, 0.25) is 0 Å². The first-order chi connectivity index (χ1) is 16.0. The van der Waals surface area contributed by atoms with E-state index in [2.05, 4.69) is 20.4 Å². The van der Waals surface area contributed by atoms with Gasteiger partial charge < -0.3 is 4.42 Å². The fourth-order valence-electron chi connectivity index (χ4n) is 3.32. The number of thiazole rings is 1. The number of aryl methyl sites for hydroxylation is 1. The minimum Gasteiger partial charge on any atom is -0.463 e. The monoisotopic (exact) mass is 466 g/mol. The lowest BCUT2D eigenvalue weighted by atomic mass is 10.2. The van der Waals surface area contributed by atoms with Crippen LogP contribution in [0.4, 0.5) is 13.9 Å². The number of carbonyl (C=O) groups excluding carboxylic acids is 1. The summed E-state index contributed by atoms with van der Waals surface area (Å²) < 4.78 is 34.2. The van der Waals surface area contributed by atoms with Gasteiger partial charge in [-0.15, -0.1) is 0 Å². The Labute approximate surface area is 190 Å². The summed E-state index contributed by atoms with van der Waals surface area (Å²) in [5.41, 5.74) is 1.92. The molecule has 0 bridgehead atoms. The van der Waals surface area contributed by atoms with Gasteiger partial charge in [0.15, 0.2) is 16.7 Å². The first-order valence-electron chi connectivity index (χ1n) is 9.81. The summed E-state index contributed by atoms with van der Waals surface area (Å²) in [5.74, 6) is 0.154. The van der Waals surface area contributed by atoms with Gasteiger partial charge in [0.1, 0.15) is 11.4 Å². The molecule has 0 aliphatic heterocycles. The molecule has 0 atom stereocenters. The number of amides is 1. The third-order valence-electron chi connectivity index (χ3n) is 4.82. The number of nitrogens with zero attached hydrogens (tertiary/aromatic N) is 5. The maximum Gasteiger partial charge on any atom is 0.320 e. The predicted octanol–water partition coefficient (Wildman–Crippen LogP) is 5.41. The molecule has 0 aliphatic carbocycles. The molecule has 0 unspecified atom stereocenters. The first-order valence-corrected chi connectivity index (χ1v) is 10.6. The lowest BCUT2D eigenvalue weighted by molar-refractivity contribution is 0.0720. The summed E-state index contributed by atoms with van der Waals surface area (Å²) in [7, 11) is 0. The second-order valence-electron chi connectivity index (χ2n) is 6.96. The highest BCUT2D eigenvalue weighted by Crippen LogP contribution is 2.34. The highest BCUT2D eigenvalue weighted by Gasteiger charge is 2.22. The molecule has 11 heteroatoms. The van der Waals surface area contributed by atoms with Crippen LogP contribution < -0.4 is 5.32 Å². The number of halogens is 2. The number of rotatable bonds is 6. The molecule has 33 heavy (non-hydrogen) atoms. The Hall–Kier alpha value is -4.12. The lowest BCUT2D eigenvalue weighted by Gasteiger charge is -2.06. The van der Waals surface area contributed by atoms with Crippen LogP contribution in [0.1, 0.15) is 22.7 Å². The Morgan fingerprint density at radius 2 is 2.00 bits per heavy atom. The second kappa shape index (κ2) is 8.43. The average Bonchev–Trinajstić information content (AvgIpc) is 3.59. The molecule has 0 fully saturated rings. The van der Waals surface area contributed by atoms with Gasteiger partial charge in [-0.2, -0.15) is 13.9 Å². The van der Waals surface area contributed by atoms with Gasteiger partial charge in [0, 0.05) is 18.5 Å². The van der Waals surface area contributed by atoms with Gasteiger partial charge in [-0.25, -0.2) is 14.6 Å². The van der Waals surface area contributed by atoms with Crippen molar-refractivity contribution in [2.45, 2.75) is 13.5 Å². The van der Waals surface area contributed by atoms with Crippen molar-refractivity contribution in [3.63, 3.8) is 0 Å². The van der Waals surface area contributed by atoms with Gasteiger partial charge in [-0.05, 0) is 31.2 Å². The van der Waals surface area contributed by atoms with Crippen LogP contribution in [-0.4, -0.2) is 30.2 Å². The molecule has 5 aromatic rings. The Balaban J connectivity index is 1.49. The summed E-state index contributed by atoms with van der Waals surface area (Å²) in [5, 5.41) is 7.54. The molecule has 4 heterocycles. The molecule has 1 N–H and O–H groups in total. The van der Waals surface area contributed by atoms with Crippen molar-refractivity contribution in [3.8, 4) is 27.8 Å². The van der Waals surface area contributed by atoms with Crippen molar-refractivity contribution < 1.29 is 18.0 Å². The van der Waals surface area contributed by atoms with Crippen molar-refractivity contribution in [3.05, 3.63) is 78.6 Å². The molecule has 1 amide bonds. The molecule has 4 aromatic heterocycles. The number of aromatic nitrogens is 5. The summed E-state index contributed by atoms with van der Waals surface area (Å²) in [6.45, 7) is -1.06. The Morgan fingerprint density at radius 1 is 1.18 bits per heavy atom. The number of para-hydroxylation sites is 1. The number of nitrogens with one attached hydrogen (secondary N) is 1. The van der Waals surface area contributed by atoms with Crippen LogP contribution in [-0.2, 0) is 0 Å². The minimum atomic E-state index is -2.73. The molecule has 8 nitrogen and oxygen atoms in total. The molecule has 0 saturated heterocycles. The molecule has 1 aromatic carbocycles. The Kier molecular flexibility index (Phi) is 5.31. The Morgan fingerprint density at radius 3 is 2.73 bits per heavy atom. The van der Waals surface area contributed by atoms with Crippen LogP contribution >= 0.6 is 11.3 Å². The normalized spacial score (nSPS) is 11.3. The SMILES string of the molecule is Cc1nc(NC(=O)c2cc(-c3ccco3)nn2-c2ccccc2)sc1-c1nccn1C(F)F. The van der Waals surface area contributed by atoms with E-state index >= 15 is 0 Å². The number of hydrogen-bond donors (Lipinski definition) is 1. The van der Waals surface area contributed by atoms with Gasteiger partial charge in [0.25, 0.3) is 5.91 Å². The van der Waals surface area contributed by atoms with E-state index in [1.54, 1.807) is 25.1 Å². The zero-order valence-electron chi connectivity index (χ0n) is 17.1. The first kappa shape index (κ1) is 20.8. The maximum atomic E-state index is 13.3. The molecular weight excluding hydrogens is 450 g/mol. The van der Waals surface area contributed by atoms with E-state index in [4.69, 9.17) is 4.42 Å². The van der Waals surface area contributed by atoms with Crippen molar-refractivity contribution >= 4 is 22.4 Å². The largest absolute Gasteiger partial charge is 0.463 e. The number of hydrogen-bond acceptors (Lipinski definition) is 6. The smallest absolute Gasteiger partial charge is 0.320 e.